The van der Waals surface area contributed by atoms with E-state index in [0.29, 0.717) is 6.07 Å². The number of anilines is 1. The van der Waals surface area contributed by atoms with Gasteiger partial charge in [0.2, 0.25) is 0 Å². The summed E-state index contributed by atoms with van der Waals surface area (Å²) in [5.41, 5.74) is -1.21. The molecule has 8 heteroatoms. The van der Waals surface area contributed by atoms with Crippen LogP contribution in [-0.2, 0) is 0 Å². The van der Waals surface area contributed by atoms with E-state index in [4.69, 9.17) is 0 Å². The van der Waals surface area contributed by atoms with E-state index in [0.717, 1.165) is 6.07 Å². The Morgan fingerprint density at radius 2 is 1.52 bits per heavy atom. The standard InChI is InChI=1S/C17H16F3N3O2/c1-17(2,3)23-16(25)12-6-4-5-11(21-12)15(24)22-10-8-7-9(18)13(19)14(10)20/h4-8H,1-3H3,(H,22,24)(H,23,25). The third-order valence-electron chi connectivity index (χ3n) is 2.99. The Labute approximate surface area is 142 Å². The Hall–Kier alpha value is -2.90. The second-order valence-electron chi connectivity index (χ2n) is 6.29. The summed E-state index contributed by atoms with van der Waals surface area (Å²) in [6.07, 6.45) is 0. The molecule has 1 aromatic heterocycles. The molecule has 25 heavy (non-hydrogen) atoms. The number of hydrogen-bond acceptors (Lipinski definition) is 3. The maximum Gasteiger partial charge on any atom is 0.274 e. The first kappa shape index (κ1) is 18.4. The number of pyridine rings is 1. The third kappa shape index (κ3) is 4.56. The van der Waals surface area contributed by atoms with Crippen LogP contribution in [0, 0.1) is 17.5 Å². The molecule has 1 aromatic carbocycles. The number of hydrogen-bond donors (Lipinski definition) is 2. The molecule has 1 heterocycles. The van der Waals surface area contributed by atoms with Crippen LogP contribution >= 0.6 is 0 Å². The van der Waals surface area contributed by atoms with Gasteiger partial charge in [-0.15, -0.1) is 0 Å². The number of carbonyl (C=O) groups excluding carboxylic acids is 2. The Morgan fingerprint density at radius 1 is 0.920 bits per heavy atom. The fourth-order valence-corrected chi connectivity index (χ4v) is 1.90. The van der Waals surface area contributed by atoms with Crippen molar-refractivity contribution in [2.45, 2.75) is 26.3 Å². The van der Waals surface area contributed by atoms with E-state index >= 15 is 0 Å². The zero-order valence-electron chi connectivity index (χ0n) is 13.8. The lowest BCUT2D eigenvalue weighted by molar-refractivity contribution is 0.0914. The van der Waals surface area contributed by atoms with Crippen molar-refractivity contribution < 1.29 is 22.8 Å². The van der Waals surface area contributed by atoms with E-state index in [9.17, 15) is 22.8 Å². The van der Waals surface area contributed by atoms with Gasteiger partial charge >= 0.3 is 0 Å². The van der Waals surface area contributed by atoms with Gasteiger partial charge in [-0.1, -0.05) is 6.07 Å². The van der Waals surface area contributed by atoms with E-state index in [2.05, 4.69) is 15.6 Å². The summed E-state index contributed by atoms with van der Waals surface area (Å²) in [5.74, 6) is -5.93. The molecule has 132 valence electrons. The van der Waals surface area contributed by atoms with Gasteiger partial charge in [0.05, 0.1) is 5.69 Å². The largest absolute Gasteiger partial charge is 0.346 e. The molecule has 0 unspecified atom stereocenters. The van der Waals surface area contributed by atoms with Gasteiger partial charge in [-0.3, -0.25) is 9.59 Å². The van der Waals surface area contributed by atoms with Gasteiger partial charge in [-0.25, -0.2) is 18.2 Å². The van der Waals surface area contributed by atoms with Crippen molar-refractivity contribution >= 4 is 17.5 Å². The molecule has 0 saturated carbocycles. The molecular weight excluding hydrogens is 335 g/mol. The normalized spacial score (nSPS) is 11.1. The van der Waals surface area contributed by atoms with Gasteiger partial charge in [0.25, 0.3) is 11.8 Å². The van der Waals surface area contributed by atoms with Crippen molar-refractivity contribution in [3.8, 4) is 0 Å². The maximum atomic E-state index is 13.6. The molecular formula is C17H16F3N3O2. The SMILES string of the molecule is CC(C)(C)NC(=O)c1cccc(C(=O)Nc2ccc(F)c(F)c2F)n1. The first-order chi connectivity index (χ1) is 11.6. The van der Waals surface area contributed by atoms with Crippen LogP contribution in [0.3, 0.4) is 0 Å². The summed E-state index contributed by atoms with van der Waals surface area (Å²) in [7, 11) is 0. The van der Waals surface area contributed by atoms with Gasteiger partial charge in [0, 0.05) is 5.54 Å². The lowest BCUT2D eigenvalue weighted by Crippen LogP contribution is -2.41. The van der Waals surface area contributed by atoms with Crippen molar-refractivity contribution in [3.63, 3.8) is 0 Å². The number of aromatic nitrogens is 1. The van der Waals surface area contributed by atoms with Crippen LogP contribution in [-0.4, -0.2) is 22.3 Å². The average Bonchev–Trinajstić information content (AvgIpc) is 2.54. The molecule has 0 atom stereocenters. The summed E-state index contributed by atoms with van der Waals surface area (Å²) in [5, 5.41) is 4.78. The molecule has 2 N–H and O–H groups in total. The highest BCUT2D eigenvalue weighted by molar-refractivity contribution is 6.04. The summed E-state index contributed by atoms with van der Waals surface area (Å²) < 4.78 is 39.7. The molecule has 0 spiro atoms. The monoisotopic (exact) mass is 351 g/mol. The van der Waals surface area contributed by atoms with Crippen LogP contribution in [0.2, 0.25) is 0 Å². The van der Waals surface area contributed by atoms with Gasteiger partial charge in [0.1, 0.15) is 11.4 Å². The lowest BCUT2D eigenvalue weighted by Gasteiger charge is -2.20. The first-order valence-corrected chi connectivity index (χ1v) is 7.33. The number of carbonyl (C=O) groups is 2. The molecule has 2 aromatic rings. The zero-order valence-corrected chi connectivity index (χ0v) is 13.8. The molecule has 0 aliphatic carbocycles. The predicted molar refractivity (Wildman–Crippen MR) is 85.7 cm³/mol. The van der Waals surface area contributed by atoms with Gasteiger partial charge < -0.3 is 10.6 Å². The average molecular weight is 351 g/mol. The van der Waals surface area contributed by atoms with Crippen molar-refractivity contribution in [2.24, 2.45) is 0 Å². The zero-order chi connectivity index (χ0) is 18.8. The van der Waals surface area contributed by atoms with Gasteiger partial charge in [-0.05, 0) is 45.0 Å². The van der Waals surface area contributed by atoms with E-state index in [1.807, 2.05) is 0 Å². The van der Waals surface area contributed by atoms with Gasteiger partial charge in [0.15, 0.2) is 17.5 Å². The van der Waals surface area contributed by atoms with Crippen molar-refractivity contribution in [1.82, 2.24) is 10.3 Å². The molecule has 2 amide bonds. The summed E-state index contributed by atoms with van der Waals surface area (Å²) in [6, 6.07) is 5.73. The van der Waals surface area contributed by atoms with E-state index in [1.165, 1.54) is 18.2 Å². The van der Waals surface area contributed by atoms with E-state index in [1.54, 1.807) is 20.8 Å². The van der Waals surface area contributed by atoms with Crippen molar-refractivity contribution in [2.75, 3.05) is 5.32 Å². The number of benzene rings is 1. The molecule has 0 radical (unpaired) electrons. The number of nitrogens with zero attached hydrogens (tertiary/aromatic N) is 1. The molecule has 2 rings (SSSR count). The van der Waals surface area contributed by atoms with Crippen molar-refractivity contribution in [3.05, 3.63) is 59.2 Å². The highest BCUT2D eigenvalue weighted by Gasteiger charge is 2.19. The molecule has 0 bridgehead atoms. The van der Waals surface area contributed by atoms with Gasteiger partial charge in [-0.2, -0.15) is 0 Å². The minimum atomic E-state index is -1.69. The van der Waals surface area contributed by atoms with Crippen molar-refractivity contribution in [1.29, 1.82) is 0 Å². The smallest absolute Gasteiger partial charge is 0.274 e. The van der Waals surface area contributed by atoms with E-state index in [-0.39, 0.29) is 11.4 Å². The summed E-state index contributed by atoms with van der Waals surface area (Å²) >= 11 is 0. The number of nitrogens with one attached hydrogen (secondary N) is 2. The second-order valence-corrected chi connectivity index (χ2v) is 6.29. The quantitative estimate of drug-likeness (QED) is 0.834. The third-order valence-corrected chi connectivity index (χ3v) is 2.99. The Bertz CT molecular complexity index is 832. The fourth-order valence-electron chi connectivity index (χ4n) is 1.90. The minimum Gasteiger partial charge on any atom is -0.346 e. The Kier molecular flexibility index (Phi) is 5.10. The number of halogens is 3. The minimum absolute atomic E-state index is 0.00617. The number of amides is 2. The molecule has 5 nitrogen and oxygen atoms in total. The van der Waals surface area contributed by atoms with Crippen LogP contribution in [0.5, 0.6) is 0 Å². The van der Waals surface area contributed by atoms with E-state index < -0.39 is 40.5 Å². The molecule has 0 aliphatic rings. The van der Waals surface area contributed by atoms with Crippen LogP contribution in [0.15, 0.2) is 30.3 Å². The first-order valence-electron chi connectivity index (χ1n) is 7.33. The van der Waals surface area contributed by atoms with Crippen LogP contribution in [0.1, 0.15) is 41.7 Å². The Balaban J connectivity index is 2.22. The highest BCUT2D eigenvalue weighted by atomic mass is 19.2. The topological polar surface area (TPSA) is 71.1 Å². The molecule has 0 fully saturated rings. The summed E-state index contributed by atoms with van der Waals surface area (Å²) in [4.78, 5) is 28.1. The predicted octanol–water partition coefficient (Wildman–Crippen LogP) is 3.28. The highest BCUT2D eigenvalue weighted by Crippen LogP contribution is 2.20. The summed E-state index contributed by atoms with van der Waals surface area (Å²) in [6.45, 7) is 5.36. The second kappa shape index (κ2) is 6.92. The lowest BCUT2D eigenvalue weighted by atomic mass is 10.1. The van der Waals surface area contributed by atoms with Crippen LogP contribution < -0.4 is 10.6 Å². The molecule has 0 aliphatic heterocycles. The Morgan fingerprint density at radius 3 is 2.12 bits per heavy atom. The molecule has 0 saturated heterocycles. The number of rotatable bonds is 3. The van der Waals surface area contributed by atoms with Crippen LogP contribution in [0.4, 0.5) is 18.9 Å². The maximum absolute atomic E-state index is 13.6. The fraction of sp³-hybridized carbons (Fsp3) is 0.235. The van der Waals surface area contributed by atoms with Crippen LogP contribution in [0.25, 0.3) is 0 Å².